The van der Waals surface area contributed by atoms with Crippen molar-refractivity contribution in [1.82, 2.24) is 24.9 Å². The second-order valence-corrected chi connectivity index (χ2v) is 4.08. The molecule has 102 valence electrons. The lowest BCUT2D eigenvalue weighted by atomic mass is 10.4. The molecule has 0 fully saturated rings. The predicted molar refractivity (Wildman–Crippen MR) is 71.3 cm³/mol. The van der Waals surface area contributed by atoms with Gasteiger partial charge in [0.2, 0.25) is 5.82 Å². The minimum Gasteiger partial charge on any atom is -0.461 e. The Labute approximate surface area is 113 Å². The van der Waals surface area contributed by atoms with E-state index in [1.54, 1.807) is 35.9 Å². The summed E-state index contributed by atoms with van der Waals surface area (Å²) < 4.78 is 6.92. The smallest absolute Gasteiger partial charge is 0.320 e. The second-order valence-electron chi connectivity index (χ2n) is 4.08. The van der Waals surface area contributed by atoms with Gasteiger partial charge in [-0.1, -0.05) is 0 Å². The Morgan fingerprint density at radius 1 is 1.40 bits per heavy atom. The molecule has 0 unspecified atom stereocenters. The van der Waals surface area contributed by atoms with E-state index in [4.69, 9.17) is 4.42 Å². The molecule has 0 radical (unpaired) electrons. The first-order chi connectivity index (χ1) is 9.67. The molecule has 0 bridgehead atoms. The lowest BCUT2D eigenvalue weighted by molar-refractivity contribution is 0.254. The fourth-order valence-electron chi connectivity index (χ4n) is 1.80. The number of urea groups is 1. The zero-order valence-electron chi connectivity index (χ0n) is 10.9. The fraction of sp³-hybridized carbons (Fsp3) is 0.167. The van der Waals surface area contributed by atoms with E-state index >= 15 is 0 Å². The quantitative estimate of drug-likeness (QED) is 0.735. The number of anilines is 1. The highest BCUT2D eigenvalue weighted by molar-refractivity contribution is 5.88. The zero-order valence-corrected chi connectivity index (χ0v) is 10.9. The average Bonchev–Trinajstić information content (AvgIpc) is 3.05. The molecule has 8 heteroatoms. The van der Waals surface area contributed by atoms with Crippen molar-refractivity contribution in [3.63, 3.8) is 0 Å². The molecule has 3 aromatic heterocycles. The lowest BCUT2D eigenvalue weighted by Gasteiger charge is -2.06. The number of carbonyl (C=O) groups excluding carboxylic acids is 1. The summed E-state index contributed by atoms with van der Waals surface area (Å²) in [6, 6.07) is 4.80. The van der Waals surface area contributed by atoms with Crippen molar-refractivity contribution < 1.29 is 9.21 Å². The summed E-state index contributed by atoms with van der Waals surface area (Å²) in [5.74, 6) is 1.99. The summed E-state index contributed by atoms with van der Waals surface area (Å²) in [6.45, 7) is 1.78. The summed E-state index contributed by atoms with van der Waals surface area (Å²) >= 11 is 0. The van der Waals surface area contributed by atoms with E-state index in [1.807, 2.05) is 0 Å². The van der Waals surface area contributed by atoms with Crippen LogP contribution in [0, 0.1) is 6.92 Å². The van der Waals surface area contributed by atoms with Gasteiger partial charge in [-0.15, -0.1) is 5.10 Å². The maximum absolute atomic E-state index is 11.4. The van der Waals surface area contributed by atoms with E-state index in [0.717, 1.165) is 0 Å². The minimum absolute atomic E-state index is 0.358. The van der Waals surface area contributed by atoms with E-state index < -0.39 is 0 Å². The van der Waals surface area contributed by atoms with Crippen molar-refractivity contribution in [3.8, 4) is 11.6 Å². The molecule has 3 aromatic rings. The standard InChI is InChI=1S/C12H12N6O2/c1-7-14-10-6-9(16-12(19)13-2)15-11(18(10)17-7)8-4-3-5-20-8/h3-6H,1-2H3,(H2,13,16,19). The highest BCUT2D eigenvalue weighted by Crippen LogP contribution is 2.21. The average molecular weight is 272 g/mol. The van der Waals surface area contributed by atoms with Crippen LogP contribution in [0.25, 0.3) is 17.2 Å². The SMILES string of the molecule is CNC(=O)Nc1cc2nc(C)nn2c(-c2ccco2)n1. The van der Waals surface area contributed by atoms with Crippen molar-refractivity contribution >= 4 is 17.5 Å². The molecule has 3 heterocycles. The maximum atomic E-state index is 11.4. The van der Waals surface area contributed by atoms with E-state index in [1.165, 1.54) is 7.05 Å². The summed E-state index contributed by atoms with van der Waals surface area (Å²) in [5.41, 5.74) is 0.579. The van der Waals surface area contributed by atoms with Gasteiger partial charge in [-0.2, -0.15) is 4.52 Å². The number of rotatable bonds is 2. The molecule has 0 saturated heterocycles. The number of fused-ring (bicyclic) bond motifs is 1. The number of nitrogens with one attached hydrogen (secondary N) is 2. The Balaban J connectivity index is 2.17. The van der Waals surface area contributed by atoms with Crippen LogP contribution in [0.5, 0.6) is 0 Å². The van der Waals surface area contributed by atoms with Gasteiger partial charge in [-0.25, -0.2) is 14.8 Å². The van der Waals surface area contributed by atoms with Crippen molar-refractivity contribution in [2.24, 2.45) is 0 Å². The molecule has 0 aliphatic heterocycles. The number of aryl methyl sites for hydroxylation is 1. The highest BCUT2D eigenvalue weighted by atomic mass is 16.3. The van der Waals surface area contributed by atoms with Gasteiger partial charge >= 0.3 is 6.03 Å². The third kappa shape index (κ3) is 2.07. The number of furan rings is 1. The van der Waals surface area contributed by atoms with Crippen LogP contribution in [0.15, 0.2) is 28.9 Å². The lowest BCUT2D eigenvalue weighted by Crippen LogP contribution is -2.25. The molecule has 2 amide bonds. The summed E-state index contributed by atoms with van der Waals surface area (Å²) in [7, 11) is 1.53. The molecular weight excluding hydrogens is 260 g/mol. The number of hydrogen-bond acceptors (Lipinski definition) is 5. The third-order valence-corrected chi connectivity index (χ3v) is 2.64. The minimum atomic E-state index is -0.358. The van der Waals surface area contributed by atoms with Crippen molar-refractivity contribution in [1.29, 1.82) is 0 Å². The number of nitrogens with zero attached hydrogens (tertiary/aromatic N) is 4. The normalized spacial score (nSPS) is 10.7. The van der Waals surface area contributed by atoms with Gasteiger partial charge in [0.25, 0.3) is 0 Å². The highest BCUT2D eigenvalue weighted by Gasteiger charge is 2.14. The van der Waals surface area contributed by atoms with Gasteiger partial charge in [0.15, 0.2) is 11.4 Å². The zero-order chi connectivity index (χ0) is 14.1. The van der Waals surface area contributed by atoms with Crippen LogP contribution in [-0.2, 0) is 0 Å². The van der Waals surface area contributed by atoms with Gasteiger partial charge in [0.1, 0.15) is 11.6 Å². The Morgan fingerprint density at radius 3 is 2.95 bits per heavy atom. The van der Waals surface area contributed by atoms with Crippen molar-refractivity contribution in [2.75, 3.05) is 12.4 Å². The summed E-state index contributed by atoms with van der Waals surface area (Å²) in [4.78, 5) is 20.0. The van der Waals surface area contributed by atoms with Gasteiger partial charge in [-0.05, 0) is 19.1 Å². The predicted octanol–water partition coefficient (Wildman–Crippen LogP) is 1.44. The van der Waals surface area contributed by atoms with E-state index in [2.05, 4.69) is 25.7 Å². The fourth-order valence-corrected chi connectivity index (χ4v) is 1.80. The van der Waals surface area contributed by atoms with Gasteiger partial charge in [0, 0.05) is 13.1 Å². The van der Waals surface area contributed by atoms with Crippen LogP contribution in [0.3, 0.4) is 0 Å². The number of aromatic nitrogens is 4. The Bertz CT molecular complexity index is 762. The summed E-state index contributed by atoms with van der Waals surface area (Å²) in [6.07, 6.45) is 1.55. The van der Waals surface area contributed by atoms with Crippen LogP contribution >= 0.6 is 0 Å². The van der Waals surface area contributed by atoms with Crippen LogP contribution in [-0.4, -0.2) is 32.7 Å². The van der Waals surface area contributed by atoms with Crippen LogP contribution in [0.1, 0.15) is 5.82 Å². The molecule has 0 aromatic carbocycles. The Kier molecular flexibility index (Phi) is 2.82. The number of carbonyl (C=O) groups is 1. The van der Waals surface area contributed by atoms with Crippen LogP contribution in [0.4, 0.5) is 10.6 Å². The first kappa shape index (κ1) is 12.2. The molecule has 0 spiro atoms. The van der Waals surface area contributed by atoms with Gasteiger partial charge < -0.3 is 9.73 Å². The molecule has 0 aliphatic rings. The van der Waals surface area contributed by atoms with Gasteiger partial charge in [-0.3, -0.25) is 5.32 Å². The Hall–Kier alpha value is -2.90. The molecule has 2 N–H and O–H groups in total. The largest absolute Gasteiger partial charge is 0.461 e. The topological polar surface area (TPSA) is 97.3 Å². The first-order valence-corrected chi connectivity index (χ1v) is 5.94. The van der Waals surface area contributed by atoms with E-state index in [9.17, 15) is 4.79 Å². The molecule has 3 rings (SSSR count). The molecule has 0 atom stereocenters. The van der Waals surface area contributed by atoms with Crippen molar-refractivity contribution in [2.45, 2.75) is 6.92 Å². The molecule has 0 saturated carbocycles. The van der Waals surface area contributed by atoms with E-state index in [0.29, 0.717) is 28.9 Å². The summed E-state index contributed by atoms with van der Waals surface area (Å²) in [5, 5.41) is 9.34. The van der Waals surface area contributed by atoms with Crippen LogP contribution < -0.4 is 10.6 Å². The maximum Gasteiger partial charge on any atom is 0.320 e. The molecule has 0 aliphatic carbocycles. The molecule has 20 heavy (non-hydrogen) atoms. The van der Waals surface area contributed by atoms with Crippen molar-refractivity contribution in [3.05, 3.63) is 30.3 Å². The number of hydrogen-bond donors (Lipinski definition) is 2. The van der Waals surface area contributed by atoms with Gasteiger partial charge in [0.05, 0.1) is 6.26 Å². The third-order valence-electron chi connectivity index (χ3n) is 2.64. The Morgan fingerprint density at radius 2 is 2.25 bits per heavy atom. The number of amides is 2. The monoisotopic (exact) mass is 272 g/mol. The van der Waals surface area contributed by atoms with E-state index in [-0.39, 0.29) is 6.03 Å². The van der Waals surface area contributed by atoms with Crippen LogP contribution in [0.2, 0.25) is 0 Å². The molecular formula is C12H12N6O2. The first-order valence-electron chi connectivity index (χ1n) is 5.94. The second kappa shape index (κ2) is 4.65. The molecule has 8 nitrogen and oxygen atoms in total.